The summed E-state index contributed by atoms with van der Waals surface area (Å²) in [4.78, 5) is 35.5. The van der Waals surface area contributed by atoms with E-state index in [1.54, 1.807) is 24.3 Å². The van der Waals surface area contributed by atoms with Gasteiger partial charge in [0.25, 0.3) is 11.9 Å². The summed E-state index contributed by atoms with van der Waals surface area (Å²) in [5.74, 6) is -1.56. The Morgan fingerprint density at radius 2 is 1.88 bits per heavy atom. The van der Waals surface area contributed by atoms with E-state index >= 15 is 0 Å². The van der Waals surface area contributed by atoms with Gasteiger partial charge in [0.1, 0.15) is 11.6 Å². The van der Waals surface area contributed by atoms with Gasteiger partial charge < -0.3 is 20.7 Å². The third-order valence-corrected chi connectivity index (χ3v) is 5.21. The number of anilines is 2. The number of nitrogens with zero attached hydrogens (tertiary/aromatic N) is 2. The highest BCUT2D eigenvalue weighted by atomic mass is 19.4. The van der Waals surface area contributed by atoms with E-state index in [1.807, 2.05) is 0 Å². The van der Waals surface area contributed by atoms with Gasteiger partial charge in [0, 0.05) is 25.3 Å². The molecule has 2 aromatic rings. The summed E-state index contributed by atoms with van der Waals surface area (Å²) in [5, 5.41) is 19.0. The molecule has 1 heterocycles. The molecule has 1 fully saturated rings. The second-order valence-electron chi connectivity index (χ2n) is 7.56. The average Bonchev–Trinajstić information content (AvgIpc) is 3.28. The molecule has 0 spiro atoms. The number of rotatable bonds is 8. The first-order valence-corrected chi connectivity index (χ1v) is 10.1. The first-order valence-electron chi connectivity index (χ1n) is 10.1. The number of amides is 2. The predicted molar refractivity (Wildman–Crippen MR) is 115 cm³/mol. The smallest absolute Gasteiger partial charge is 0.378 e. The summed E-state index contributed by atoms with van der Waals surface area (Å²) in [6.45, 7) is 0.117. The largest absolute Gasteiger partial charge is 0.418 e. The minimum Gasteiger partial charge on any atom is -0.378 e. The summed E-state index contributed by atoms with van der Waals surface area (Å²) >= 11 is 0. The van der Waals surface area contributed by atoms with E-state index in [9.17, 15) is 27.7 Å². The molecule has 1 saturated heterocycles. The Bertz CT molecular complexity index is 1090. The molecule has 0 saturated carbocycles. The lowest BCUT2D eigenvalue weighted by Gasteiger charge is -2.27. The Balaban J connectivity index is 1.64. The molecule has 1 aliphatic rings. The summed E-state index contributed by atoms with van der Waals surface area (Å²) in [6.07, 6.45) is -4.36. The van der Waals surface area contributed by atoms with Crippen molar-refractivity contribution in [3.05, 3.63) is 64.6 Å². The van der Waals surface area contributed by atoms with E-state index in [1.165, 1.54) is 24.3 Å². The molecule has 3 rings (SSSR count). The van der Waals surface area contributed by atoms with Gasteiger partial charge >= 0.3 is 6.18 Å². The molecule has 0 aliphatic carbocycles. The molecule has 2 unspecified atom stereocenters. The molecule has 0 radical (unpaired) electrons. The van der Waals surface area contributed by atoms with Crippen LogP contribution in [-0.4, -0.2) is 36.6 Å². The number of para-hydroxylation sites is 1. The first kappa shape index (κ1) is 24.7. The number of carbonyl (C=O) groups is 2. The lowest BCUT2D eigenvalue weighted by atomic mass is 9.96. The van der Waals surface area contributed by atoms with Crippen LogP contribution in [0.4, 0.5) is 24.5 Å². The summed E-state index contributed by atoms with van der Waals surface area (Å²) in [5.41, 5.74) is -1.26. The maximum absolute atomic E-state index is 13.2. The standard InChI is InChI=1S/C22H20F3N5O4/c23-22(24,25)16-3-1-2-4-17(16)28-15-7-5-14(6-8-15)12-27-20(32)21(9-10-34-13-21)29-19(31)18(11-26)30-33/h1-8,18,28H,9-10,12-13H2,(H,27,32)(H,29,31). The summed E-state index contributed by atoms with van der Waals surface area (Å²) < 4.78 is 44.7. The highest BCUT2D eigenvalue weighted by Gasteiger charge is 2.44. The Kier molecular flexibility index (Phi) is 7.47. The van der Waals surface area contributed by atoms with Crippen molar-refractivity contribution in [1.29, 1.82) is 5.26 Å². The number of benzene rings is 2. The van der Waals surface area contributed by atoms with E-state index in [0.717, 1.165) is 6.07 Å². The van der Waals surface area contributed by atoms with Gasteiger partial charge in [-0.1, -0.05) is 24.3 Å². The second-order valence-corrected chi connectivity index (χ2v) is 7.56. The van der Waals surface area contributed by atoms with Crippen LogP contribution in [0.1, 0.15) is 17.5 Å². The van der Waals surface area contributed by atoms with E-state index in [4.69, 9.17) is 10.00 Å². The topological polar surface area (TPSA) is 133 Å². The summed E-state index contributed by atoms with van der Waals surface area (Å²) in [7, 11) is 0. The number of nitroso groups, excluding NO2 is 1. The highest BCUT2D eigenvalue weighted by Crippen LogP contribution is 2.35. The third-order valence-electron chi connectivity index (χ3n) is 5.21. The van der Waals surface area contributed by atoms with Gasteiger partial charge in [-0.15, -0.1) is 4.91 Å². The van der Waals surface area contributed by atoms with Crippen LogP contribution in [0, 0.1) is 16.2 Å². The third kappa shape index (κ3) is 5.68. The molecule has 0 aromatic heterocycles. The maximum atomic E-state index is 13.2. The van der Waals surface area contributed by atoms with Gasteiger partial charge in [0.05, 0.1) is 17.9 Å². The molecule has 2 amide bonds. The van der Waals surface area contributed by atoms with Crippen LogP contribution >= 0.6 is 0 Å². The predicted octanol–water partition coefficient (Wildman–Crippen LogP) is 3.00. The number of hydrogen-bond donors (Lipinski definition) is 3. The van der Waals surface area contributed by atoms with Gasteiger partial charge in [-0.2, -0.15) is 18.4 Å². The number of carbonyl (C=O) groups excluding carboxylic acids is 2. The number of ether oxygens (including phenoxy) is 1. The number of alkyl halides is 3. The molecule has 2 atom stereocenters. The molecule has 12 heteroatoms. The number of nitrogens with one attached hydrogen (secondary N) is 3. The number of halogens is 3. The Hall–Kier alpha value is -3.98. The molecule has 2 aromatic carbocycles. The fraction of sp³-hybridized carbons (Fsp3) is 0.318. The lowest BCUT2D eigenvalue weighted by Crippen LogP contribution is -2.60. The van der Waals surface area contributed by atoms with Gasteiger partial charge in [0.2, 0.25) is 5.91 Å². The van der Waals surface area contributed by atoms with Crippen molar-refractivity contribution in [1.82, 2.24) is 10.6 Å². The molecule has 3 N–H and O–H groups in total. The average molecular weight is 475 g/mol. The van der Waals surface area contributed by atoms with Crippen LogP contribution in [0.15, 0.2) is 53.7 Å². The quantitative estimate of drug-likeness (QED) is 0.503. The van der Waals surface area contributed by atoms with Crippen molar-refractivity contribution in [3.63, 3.8) is 0 Å². The molecule has 178 valence electrons. The zero-order valence-corrected chi connectivity index (χ0v) is 17.7. The first-order chi connectivity index (χ1) is 16.2. The second kappa shape index (κ2) is 10.3. The monoisotopic (exact) mass is 475 g/mol. The zero-order chi connectivity index (χ0) is 24.8. The van der Waals surface area contributed by atoms with Crippen LogP contribution in [0.2, 0.25) is 0 Å². The van der Waals surface area contributed by atoms with Crippen LogP contribution in [0.5, 0.6) is 0 Å². The SMILES string of the molecule is N#CC(N=O)C(=O)NC1(C(=O)NCc2ccc(Nc3ccccc3C(F)(F)F)cc2)CCOC1. The van der Waals surface area contributed by atoms with Gasteiger partial charge in [-0.05, 0) is 35.0 Å². The van der Waals surface area contributed by atoms with Crippen molar-refractivity contribution in [2.24, 2.45) is 5.18 Å². The Morgan fingerprint density at radius 1 is 1.18 bits per heavy atom. The van der Waals surface area contributed by atoms with E-state index in [-0.39, 0.29) is 31.9 Å². The highest BCUT2D eigenvalue weighted by molar-refractivity contribution is 5.94. The molecular formula is C22H20F3N5O4. The Labute approximate surface area is 192 Å². The van der Waals surface area contributed by atoms with Crippen LogP contribution in [-0.2, 0) is 27.0 Å². The number of hydrogen-bond acceptors (Lipinski definition) is 7. The minimum atomic E-state index is -4.50. The summed E-state index contributed by atoms with van der Waals surface area (Å²) in [6, 6.07) is 11.1. The molecule has 0 bridgehead atoms. The molecular weight excluding hydrogens is 455 g/mol. The van der Waals surface area contributed by atoms with Gasteiger partial charge in [0.15, 0.2) is 0 Å². The Morgan fingerprint density at radius 3 is 2.47 bits per heavy atom. The van der Waals surface area contributed by atoms with E-state index in [2.05, 4.69) is 21.1 Å². The fourth-order valence-corrected chi connectivity index (χ4v) is 3.39. The van der Waals surface area contributed by atoms with Crippen LogP contribution in [0.3, 0.4) is 0 Å². The van der Waals surface area contributed by atoms with Crippen molar-refractivity contribution < 1.29 is 27.5 Å². The van der Waals surface area contributed by atoms with Crippen molar-refractivity contribution in [2.45, 2.75) is 30.7 Å². The normalized spacial score (nSPS) is 18.4. The van der Waals surface area contributed by atoms with Gasteiger partial charge in [-0.25, -0.2) is 0 Å². The minimum absolute atomic E-state index is 0.0590. The van der Waals surface area contributed by atoms with E-state index in [0.29, 0.717) is 11.3 Å². The number of nitriles is 1. The van der Waals surface area contributed by atoms with Gasteiger partial charge in [-0.3, -0.25) is 9.59 Å². The van der Waals surface area contributed by atoms with Crippen molar-refractivity contribution >= 4 is 23.2 Å². The molecule has 1 aliphatic heterocycles. The maximum Gasteiger partial charge on any atom is 0.418 e. The van der Waals surface area contributed by atoms with Crippen LogP contribution < -0.4 is 16.0 Å². The van der Waals surface area contributed by atoms with Crippen LogP contribution in [0.25, 0.3) is 0 Å². The van der Waals surface area contributed by atoms with Crippen molar-refractivity contribution in [3.8, 4) is 6.07 Å². The fourth-order valence-electron chi connectivity index (χ4n) is 3.39. The van der Waals surface area contributed by atoms with E-state index < -0.39 is 35.1 Å². The van der Waals surface area contributed by atoms with Crippen molar-refractivity contribution in [2.75, 3.05) is 18.5 Å². The lowest BCUT2D eigenvalue weighted by molar-refractivity contribution is -0.137. The zero-order valence-electron chi connectivity index (χ0n) is 17.7. The molecule has 9 nitrogen and oxygen atoms in total. The molecule has 34 heavy (non-hydrogen) atoms.